The van der Waals surface area contributed by atoms with Crippen molar-refractivity contribution in [1.82, 2.24) is 14.9 Å². The van der Waals surface area contributed by atoms with E-state index in [1.54, 1.807) is 24.3 Å². The van der Waals surface area contributed by atoms with Crippen LogP contribution < -0.4 is 10.1 Å². The molecular formula is C33H30ClFN4O3. The Bertz CT molecular complexity index is 1730. The lowest BCUT2D eigenvalue weighted by Crippen LogP contribution is -2.63. The van der Waals surface area contributed by atoms with Crippen molar-refractivity contribution in [2.45, 2.75) is 38.0 Å². The third kappa shape index (κ3) is 5.70. The molecule has 9 heteroatoms. The first kappa shape index (κ1) is 26.9. The quantitative estimate of drug-likeness (QED) is 0.200. The van der Waals surface area contributed by atoms with Gasteiger partial charge in [0, 0.05) is 36.3 Å². The molecule has 0 saturated carbocycles. The van der Waals surface area contributed by atoms with Crippen molar-refractivity contribution in [2.24, 2.45) is 0 Å². The molecule has 1 spiro atoms. The zero-order valence-electron chi connectivity index (χ0n) is 23.0. The Labute approximate surface area is 248 Å². The number of aromatic nitrogens is 2. The summed E-state index contributed by atoms with van der Waals surface area (Å²) < 4.78 is 31.6. The Kier molecular flexibility index (Phi) is 7.27. The molecule has 0 amide bonds. The van der Waals surface area contributed by atoms with E-state index in [-0.39, 0.29) is 18.0 Å². The van der Waals surface area contributed by atoms with Crippen LogP contribution >= 0.6 is 11.6 Å². The topological polar surface area (TPSA) is 72.7 Å². The summed E-state index contributed by atoms with van der Waals surface area (Å²) in [6, 6.07) is 21.8. The molecule has 3 aromatic carbocycles. The van der Waals surface area contributed by atoms with Gasteiger partial charge in [-0.05, 0) is 85.5 Å². The Morgan fingerprint density at radius 2 is 1.93 bits per heavy atom. The number of anilines is 2. The summed E-state index contributed by atoms with van der Waals surface area (Å²) >= 11 is 6.52. The second-order valence-electron chi connectivity index (χ2n) is 11.0. The molecule has 2 fully saturated rings. The van der Waals surface area contributed by atoms with E-state index in [2.05, 4.69) is 20.2 Å². The molecular weight excluding hydrogens is 555 g/mol. The van der Waals surface area contributed by atoms with Crippen molar-refractivity contribution >= 4 is 34.0 Å². The molecule has 1 N–H and O–H groups in total. The second-order valence-corrected chi connectivity index (χ2v) is 11.4. The summed E-state index contributed by atoms with van der Waals surface area (Å²) in [5, 5.41) is 4.65. The van der Waals surface area contributed by atoms with Crippen LogP contribution in [0.2, 0.25) is 5.02 Å². The van der Waals surface area contributed by atoms with E-state index in [0.717, 1.165) is 71.9 Å². The molecule has 2 aliphatic heterocycles. The van der Waals surface area contributed by atoms with E-state index in [1.165, 1.54) is 31.3 Å². The van der Waals surface area contributed by atoms with E-state index in [4.69, 9.17) is 25.5 Å². The van der Waals surface area contributed by atoms with E-state index in [9.17, 15) is 4.39 Å². The highest BCUT2D eigenvalue weighted by Crippen LogP contribution is 2.36. The van der Waals surface area contributed by atoms with Crippen LogP contribution in [-0.4, -0.2) is 40.2 Å². The summed E-state index contributed by atoms with van der Waals surface area (Å²) in [6.45, 7) is 3.81. The fourth-order valence-corrected chi connectivity index (χ4v) is 6.04. The van der Waals surface area contributed by atoms with Crippen LogP contribution in [0, 0.1) is 5.82 Å². The number of nitrogens with zero attached hydrogens (tertiary/aromatic N) is 3. The maximum absolute atomic E-state index is 13.5. The number of hydrogen-bond acceptors (Lipinski definition) is 7. The summed E-state index contributed by atoms with van der Waals surface area (Å²) in [5.74, 6) is 2.59. The van der Waals surface area contributed by atoms with Gasteiger partial charge in [-0.2, -0.15) is 0 Å². The van der Waals surface area contributed by atoms with Crippen molar-refractivity contribution < 1.29 is 18.3 Å². The van der Waals surface area contributed by atoms with Crippen molar-refractivity contribution in [3.05, 3.63) is 101 Å². The lowest BCUT2D eigenvalue weighted by atomic mass is 9.86. The molecule has 214 valence electrons. The van der Waals surface area contributed by atoms with Crippen molar-refractivity contribution in [1.29, 1.82) is 0 Å². The maximum atomic E-state index is 13.5. The van der Waals surface area contributed by atoms with Crippen LogP contribution in [0.3, 0.4) is 0 Å². The highest BCUT2D eigenvalue weighted by Gasteiger charge is 2.44. The van der Waals surface area contributed by atoms with E-state index < -0.39 is 0 Å². The van der Waals surface area contributed by atoms with Gasteiger partial charge in [-0.1, -0.05) is 23.7 Å². The molecule has 2 saturated heterocycles. The largest absolute Gasteiger partial charge is 0.487 e. The van der Waals surface area contributed by atoms with Crippen LogP contribution in [-0.2, 0) is 17.9 Å². The number of fused-ring (bicyclic) bond motifs is 1. The van der Waals surface area contributed by atoms with E-state index in [1.807, 2.05) is 36.4 Å². The summed E-state index contributed by atoms with van der Waals surface area (Å²) in [6.07, 6.45) is 5.12. The predicted molar refractivity (Wildman–Crippen MR) is 161 cm³/mol. The van der Waals surface area contributed by atoms with E-state index in [0.29, 0.717) is 16.6 Å². The van der Waals surface area contributed by atoms with Crippen LogP contribution in [0.4, 0.5) is 15.9 Å². The van der Waals surface area contributed by atoms with Gasteiger partial charge in [0.15, 0.2) is 0 Å². The summed E-state index contributed by atoms with van der Waals surface area (Å²) in [7, 11) is 0. The number of hydrogen-bond donors (Lipinski definition) is 1. The van der Waals surface area contributed by atoms with Crippen LogP contribution in [0.5, 0.6) is 5.75 Å². The first-order chi connectivity index (χ1) is 20.5. The monoisotopic (exact) mass is 584 g/mol. The number of likely N-dealkylation sites (tertiary alicyclic amines) is 1. The Hall–Kier alpha value is -3.98. The van der Waals surface area contributed by atoms with Gasteiger partial charge >= 0.3 is 0 Å². The molecule has 5 aromatic rings. The van der Waals surface area contributed by atoms with Gasteiger partial charge in [0.05, 0.1) is 22.7 Å². The Morgan fingerprint density at radius 1 is 1.00 bits per heavy atom. The molecule has 0 bridgehead atoms. The highest BCUT2D eigenvalue weighted by molar-refractivity contribution is 6.32. The van der Waals surface area contributed by atoms with Gasteiger partial charge in [0.2, 0.25) is 0 Å². The van der Waals surface area contributed by atoms with Gasteiger partial charge in [-0.25, -0.2) is 14.4 Å². The molecule has 2 aromatic heterocycles. The van der Waals surface area contributed by atoms with Crippen molar-refractivity contribution in [3.8, 4) is 17.1 Å². The van der Waals surface area contributed by atoms with Gasteiger partial charge in [0.1, 0.15) is 41.8 Å². The number of rotatable bonds is 8. The first-order valence-corrected chi connectivity index (χ1v) is 14.5. The zero-order valence-corrected chi connectivity index (χ0v) is 23.7. The average Bonchev–Trinajstić information content (AvgIpc) is 3.45. The van der Waals surface area contributed by atoms with Crippen molar-refractivity contribution in [2.75, 3.05) is 25.0 Å². The molecule has 7 nitrogen and oxygen atoms in total. The average molecular weight is 585 g/mol. The highest BCUT2D eigenvalue weighted by atomic mass is 35.5. The van der Waals surface area contributed by atoms with Crippen molar-refractivity contribution in [3.63, 3.8) is 0 Å². The molecule has 4 heterocycles. The van der Waals surface area contributed by atoms with Gasteiger partial charge in [-0.15, -0.1) is 0 Å². The smallest absolute Gasteiger partial charge is 0.141 e. The molecule has 42 heavy (non-hydrogen) atoms. The molecule has 0 atom stereocenters. The molecule has 0 radical (unpaired) electrons. The number of halogens is 2. The predicted octanol–water partition coefficient (Wildman–Crippen LogP) is 7.76. The normalized spacial score (nSPS) is 16.4. The van der Waals surface area contributed by atoms with E-state index >= 15 is 0 Å². The van der Waals surface area contributed by atoms with Crippen LogP contribution in [0.15, 0.2) is 83.5 Å². The van der Waals surface area contributed by atoms with Crippen LogP contribution in [0.1, 0.15) is 30.6 Å². The minimum atomic E-state index is -0.302. The second kappa shape index (κ2) is 11.4. The molecule has 0 aliphatic carbocycles. The maximum Gasteiger partial charge on any atom is 0.141 e. The lowest BCUT2D eigenvalue weighted by Gasteiger charge is -2.51. The van der Waals surface area contributed by atoms with Gasteiger partial charge < -0.3 is 19.2 Å². The zero-order chi connectivity index (χ0) is 28.5. The number of ether oxygens (including phenoxy) is 2. The third-order valence-electron chi connectivity index (χ3n) is 7.90. The first-order valence-electron chi connectivity index (χ1n) is 14.2. The fraction of sp³-hybridized carbons (Fsp3) is 0.273. The Balaban J connectivity index is 1.04. The number of benzene rings is 3. The molecule has 2 aliphatic rings. The molecule has 0 unspecified atom stereocenters. The van der Waals surface area contributed by atoms with Gasteiger partial charge in [-0.3, -0.25) is 4.90 Å². The fourth-order valence-electron chi connectivity index (χ4n) is 5.81. The minimum Gasteiger partial charge on any atom is -0.487 e. The lowest BCUT2D eigenvalue weighted by molar-refractivity contribution is -0.169. The SMILES string of the molecule is Fc1cccc(COc2ccc(Nc3ncnc4ccc(-c5ccc(CN6CC7(CCCCO7)C6)o5)cc34)cc2Cl)c1. The van der Waals surface area contributed by atoms with Gasteiger partial charge in [0.25, 0.3) is 0 Å². The minimum absolute atomic E-state index is 0.0653. The Morgan fingerprint density at radius 3 is 2.76 bits per heavy atom. The molecule has 7 rings (SSSR count). The summed E-state index contributed by atoms with van der Waals surface area (Å²) in [4.78, 5) is 11.3. The third-order valence-corrected chi connectivity index (χ3v) is 8.19. The standard InChI is InChI=1S/C33H30ClFN4O3/c34-28-16-25(7-10-31(28)40-18-22-4-3-5-24(35)14-22)38-32-27-15-23(6-9-29(27)36-21-37-32)30-11-8-26(42-30)17-39-19-33(20-39)12-1-2-13-41-33/h3-11,14-16,21H,1-2,12-13,17-20H2,(H,36,37,38). The van der Waals surface area contributed by atoms with Crippen LogP contribution in [0.25, 0.3) is 22.2 Å². The summed E-state index contributed by atoms with van der Waals surface area (Å²) in [5.41, 5.74) is 3.29. The number of nitrogens with one attached hydrogen (secondary N) is 1. The number of furan rings is 1.